The summed E-state index contributed by atoms with van der Waals surface area (Å²) in [6, 6.07) is 0.197. The molecule has 4 saturated heterocycles. The molecule has 4 aliphatic heterocycles. The monoisotopic (exact) mass is 620 g/mol. The van der Waals surface area contributed by atoms with Crippen LogP contribution in [-0.2, 0) is 33.1 Å². The Morgan fingerprint density at radius 2 is 1.82 bits per heavy atom. The van der Waals surface area contributed by atoms with Crippen molar-refractivity contribution in [2.75, 3.05) is 26.8 Å². The third kappa shape index (κ3) is 4.04. The molecule has 2 bridgehead atoms. The molecule has 12 heteroatoms. The summed E-state index contributed by atoms with van der Waals surface area (Å²) in [5, 5.41) is 4.77. The molecule has 2 aliphatic carbocycles. The summed E-state index contributed by atoms with van der Waals surface area (Å²) >= 11 is 0. The molecule has 6 atom stereocenters. The van der Waals surface area contributed by atoms with Crippen molar-refractivity contribution in [2.45, 2.75) is 126 Å². The van der Waals surface area contributed by atoms with Crippen molar-refractivity contribution in [1.82, 2.24) is 29.2 Å². The summed E-state index contributed by atoms with van der Waals surface area (Å²) in [6.07, 6.45) is 11.8. The molecule has 3 aromatic rings. The van der Waals surface area contributed by atoms with Gasteiger partial charge in [-0.2, -0.15) is 4.98 Å². The molecule has 2 spiro atoms. The zero-order valence-corrected chi connectivity index (χ0v) is 26.6. The first-order chi connectivity index (χ1) is 21.9. The van der Waals surface area contributed by atoms with E-state index in [1.54, 1.807) is 11.6 Å². The van der Waals surface area contributed by atoms with Crippen molar-refractivity contribution >= 4 is 11.2 Å². The van der Waals surface area contributed by atoms with Gasteiger partial charge in [-0.3, -0.25) is 14.0 Å². The Hall–Kier alpha value is -2.80. The van der Waals surface area contributed by atoms with Crippen molar-refractivity contribution in [1.29, 1.82) is 0 Å². The van der Waals surface area contributed by atoms with Crippen LogP contribution in [0.3, 0.4) is 0 Å². The maximum atomic E-state index is 13.9. The van der Waals surface area contributed by atoms with Crippen LogP contribution < -0.4 is 10.4 Å². The molecule has 9 rings (SSSR count). The van der Waals surface area contributed by atoms with Gasteiger partial charge in [-0.25, -0.2) is 9.78 Å². The number of imidazole rings is 1. The topological polar surface area (TPSA) is 119 Å². The van der Waals surface area contributed by atoms with Gasteiger partial charge in [0, 0.05) is 25.1 Å². The second-order valence-electron chi connectivity index (χ2n) is 14.4. The van der Waals surface area contributed by atoms with E-state index in [0.717, 1.165) is 94.9 Å². The van der Waals surface area contributed by atoms with Crippen LogP contribution in [0.2, 0.25) is 0 Å². The molecule has 3 aromatic heterocycles. The number of rotatable bonds is 5. The van der Waals surface area contributed by atoms with Crippen LogP contribution in [0.15, 0.2) is 9.32 Å². The lowest BCUT2D eigenvalue weighted by atomic mass is 9.61. The second-order valence-corrected chi connectivity index (χ2v) is 14.4. The quantitative estimate of drug-likeness (QED) is 0.414. The van der Waals surface area contributed by atoms with Crippen LogP contribution in [0.1, 0.15) is 94.9 Å². The van der Waals surface area contributed by atoms with Crippen LogP contribution >= 0.6 is 0 Å². The summed E-state index contributed by atoms with van der Waals surface area (Å²) in [5.41, 5.74) is 2.68. The molecule has 0 N–H and O–H groups in total. The van der Waals surface area contributed by atoms with E-state index in [2.05, 4.69) is 18.9 Å². The predicted octanol–water partition coefficient (Wildman–Crippen LogP) is 4.03. The lowest BCUT2D eigenvalue weighted by Gasteiger charge is -2.50. The van der Waals surface area contributed by atoms with Crippen molar-refractivity contribution in [2.24, 2.45) is 7.05 Å². The number of ether oxygens (including phenoxy) is 4. The SMILES string of the molecule is C[C@H](Oc1nc(-c2onc3c2CCC[C@@]32CCCCC23OCCO3)nc2c1n(C)c(=O)n2[C@@H]1CC2CCC1O2)[C@@H]1CCCN1C. The Kier molecular flexibility index (Phi) is 6.54. The first-order valence-electron chi connectivity index (χ1n) is 17.2. The number of aryl methyl sites for hydroxylation is 1. The zero-order chi connectivity index (χ0) is 30.5. The maximum absolute atomic E-state index is 13.9. The Morgan fingerprint density at radius 1 is 1.00 bits per heavy atom. The molecule has 6 aliphatic rings. The van der Waals surface area contributed by atoms with E-state index < -0.39 is 5.79 Å². The van der Waals surface area contributed by atoms with E-state index in [9.17, 15) is 4.79 Å². The third-order valence-electron chi connectivity index (χ3n) is 12.0. The third-order valence-corrected chi connectivity index (χ3v) is 12.0. The minimum atomic E-state index is -0.655. The highest BCUT2D eigenvalue weighted by molar-refractivity contribution is 5.80. The summed E-state index contributed by atoms with van der Waals surface area (Å²) in [4.78, 5) is 26.5. The van der Waals surface area contributed by atoms with Crippen LogP contribution in [0.4, 0.5) is 0 Å². The summed E-state index contributed by atoms with van der Waals surface area (Å²) < 4.78 is 35.5. The Bertz CT molecular complexity index is 1690. The lowest BCUT2D eigenvalue weighted by molar-refractivity contribution is -0.231. The molecule has 0 amide bonds. The second kappa shape index (κ2) is 10.4. The van der Waals surface area contributed by atoms with E-state index in [1.165, 1.54) is 0 Å². The van der Waals surface area contributed by atoms with E-state index in [4.69, 9.17) is 38.6 Å². The molecule has 1 saturated carbocycles. The first kappa shape index (κ1) is 28.4. The van der Waals surface area contributed by atoms with Gasteiger partial charge in [0.25, 0.3) is 0 Å². The fourth-order valence-electron chi connectivity index (χ4n) is 9.86. The standard InChI is InChI=1S/C33H44N6O6/c1-19(22-9-7-15-37(22)2)43-30-25-29(39(31(40)38(25)3)23-18-20-10-11-24(23)44-20)34-28(35-30)26-21-8-6-13-32(27(21)36-45-26)12-4-5-14-33(32)41-16-17-42-33/h19-20,22-24H,4-18H2,1-3H3/t19-,20?,22-,23+,24?,32-/m0/s1. The number of hydrogen-bond donors (Lipinski definition) is 0. The Balaban J connectivity index is 1.20. The highest BCUT2D eigenvalue weighted by atomic mass is 16.7. The van der Waals surface area contributed by atoms with E-state index in [0.29, 0.717) is 41.8 Å². The molecule has 242 valence electrons. The van der Waals surface area contributed by atoms with Gasteiger partial charge in [-0.15, -0.1) is 0 Å². The van der Waals surface area contributed by atoms with E-state index in [-0.39, 0.29) is 41.5 Å². The number of aromatic nitrogens is 5. The molecular weight excluding hydrogens is 576 g/mol. The van der Waals surface area contributed by atoms with Gasteiger partial charge < -0.3 is 23.5 Å². The van der Waals surface area contributed by atoms with Crippen LogP contribution in [-0.4, -0.2) is 86.1 Å². The fraction of sp³-hybridized carbons (Fsp3) is 0.758. The van der Waals surface area contributed by atoms with Crippen LogP contribution in [0, 0.1) is 0 Å². The molecule has 0 radical (unpaired) electrons. The number of likely N-dealkylation sites (tertiary alicyclic amines) is 1. The Labute approximate surface area is 262 Å². The first-order valence-corrected chi connectivity index (χ1v) is 17.2. The van der Waals surface area contributed by atoms with Gasteiger partial charge in [0.2, 0.25) is 17.5 Å². The lowest BCUT2D eigenvalue weighted by Crippen LogP contribution is -2.56. The highest BCUT2D eigenvalue weighted by Crippen LogP contribution is 2.57. The predicted molar refractivity (Wildman–Crippen MR) is 163 cm³/mol. The molecule has 45 heavy (non-hydrogen) atoms. The summed E-state index contributed by atoms with van der Waals surface area (Å²) in [5.74, 6) is 0.736. The largest absolute Gasteiger partial charge is 0.471 e. The Morgan fingerprint density at radius 3 is 2.58 bits per heavy atom. The van der Waals surface area contributed by atoms with Gasteiger partial charge >= 0.3 is 5.69 Å². The number of hydrogen-bond acceptors (Lipinski definition) is 10. The van der Waals surface area contributed by atoms with Crippen LogP contribution in [0.5, 0.6) is 5.88 Å². The number of fused-ring (bicyclic) bond motifs is 6. The van der Waals surface area contributed by atoms with E-state index in [1.807, 2.05) is 4.57 Å². The smallest absolute Gasteiger partial charge is 0.330 e. The van der Waals surface area contributed by atoms with Crippen molar-refractivity contribution in [3.8, 4) is 17.5 Å². The fourth-order valence-corrected chi connectivity index (χ4v) is 9.86. The summed E-state index contributed by atoms with van der Waals surface area (Å²) in [6.45, 7) is 4.36. The van der Waals surface area contributed by atoms with Gasteiger partial charge in [0.1, 0.15) is 6.10 Å². The average molecular weight is 621 g/mol. The summed E-state index contributed by atoms with van der Waals surface area (Å²) in [7, 11) is 3.94. The van der Waals surface area contributed by atoms with Crippen LogP contribution in [0.25, 0.3) is 22.7 Å². The molecule has 0 aromatic carbocycles. The van der Waals surface area contributed by atoms with Crippen molar-refractivity contribution < 1.29 is 23.5 Å². The van der Waals surface area contributed by atoms with Crippen molar-refractivity contribution in [3.05, 3.63) is 21.7 Å². The molecule has 12 nitrogen and oxygen atoms in total. The number of nitrogens with zero attached hydrogens (tertiary/aromatic N) is 6. The normalized spacial score (nSPS) is 33.1. The van der Waals surface area contributed by atoms with E-state index >= 15 is 0 Å². The highest BCUT2D eigenvalue weighted by Gasteiger charge is 2.61. The number of likely N-dealkylation sites (N-methyl/N-ethyl adjacent to an activating group) is 1. The molecule has 2 unspecified atom stereocenters. The van der Waals surface area contributed by atoms with Gasteiger partial charge in [-0.1, -0.05) is 11.6 Å². The van der Waals surface area contributed by atoms with Gasteiger partial charge in [-0.05, 0) is 84.7 Å². The zero-order valence-electron chi connectivity index (χ0n) is 26.6. The molecular formula is C33H44N6O6. The van der Waals surface area contributed by atoms with Crippen molar-refractivity contribution in [3.63, 3.8) is 0 Å². The van der Waals surface area contributed by atoms with Gasteiger partial charge in [0.05, 0.1) is 42.6 Å². The van der Waals surface area contributed by atoms with Gasteiger partial charge in [0.15, 0.2) is 17.0 Å². The molecule has 7 heterocycles. The minimum Gasteiger partial charge on any atom is -0.471 e. The molecule has 5 fully saturated rings. The maximum Gasteiger partial charge on any atom is 0.330 e. The average Bonchev–Trinajstić information content (AvgIpc) is 3.89. The minimum absolute atomic E-state index is 0.0129.